The smallest absolute Gasteiger partial charge is 0.243 e. The number of carbonyl (C=O) groups is 3. The van der Waals surface area contributed by atoms with E-state index in [9.17, 15) is 27.6 Å². The predicted octanol–water partition coefficient (Wildman–Crippen LogP) is 2.24. The summed E-state index contributed by atoms with van der Waals surface area (Å²) in [6, 6.07) is 8.85. The summed E-state index contributed by atoms with van der Waals surface area (Å²) in [6.45, 7) is 5.18. The Kier molecular flexibility index (Phi) is 8.27. The molecule has 1 heterocycles. The Labute approximate surface area is 195 Å². The molecule has 0 bridgehead atoms. The van der Waals surface area contributed by atoms with Gasteiger partial charge in [0.2, 0.25) is 17.7 Å². The molecule has 2 aromatic carbocycles. The van der Waals surface area contributed by atoms with E-state index in [4.69, 9.17) is 0 Å². The van der Waals surface area contributed by atoms with Gasteiger partial charge in [-0.1, -0.05) is 29.8 Å². The molecule has 1 aliphatic rings. The van der Waals surface area contributed by atoms with Crippen molar-refractivity contribution in [3.63, 3.8) is 0 Å². The van der Waals surface area contributed by atoms with E-state index in [0.717, 1.165) is 17.2 Å². The number of benzene rings is 2. The summed E-state index contributed by atoms with van der Waals surface area (Å²) in [5.74, 6) is -5.73. The van der Waals surface area contributed by atoms with E-state index < -0.39 is 47.5 Å². The predicted molar refractivity (Wildman–Crippen MR) is 120 cm³/mol. The molecule has 1 saturated heterocycles. The summed E-state index contributed by atoms with van der Waals surface area (Å²) in [7, 11) is 0. The van der Waals surface area contributed by atoms with E-state index in [1.54, 1.807) is 11.8 Å². The Balaban J connectivity index is 1.43. The van der Waals surface area contributed by atoms with E-state index in [-0.39, 0.29) is 5.91 Å². The second-order valence-electron chi connectivity index (χ2n) is 8.24. The van der Waals surface area contributed by atoms with Crippen LogP contribution in [0.25, 0.3) is 0 Å². The fourth-order valence-electron chi connectivity index (χ4n) is 3.65. The third kappa shape index (κ3) is 6.34. The Morgan fingerprint density at radius 3 is 2.24 bits per heavy atom. The van der Waals surface area contributed by atoms with Crippen LogP contribution >= 0.6 is 0 Å². The van der Waals surface area contributed by atoms with Crippen LogP contribution in [0, 0.1) is 24.4 Å². The number of amides is 3. The maximum Gasteiger partial charge on any atom is 0.243 e. The van der Waals surface area contributed by atoms with Crippen LogP contribution in [0.4, 0.5) is 18.9 Å². The Morgan fingerprint density at radius 1 is 0.941 bits per heavy atom. The number of hydrogen-bond acceptors (Lipinski definition) is 4. The normalized spacial score (nSPS) is 15.0. The monoisotopic (exact) mass is 476 g/mol. The summed E-state index contributed by atoms with van der Waals surface area (Å²) < 4.78 is 39.9. The molecular formula is C24H27F3N4O3. The minimum atomic E-state index is -1.69. The molecule has 0 aromatic heterocycles. The van der Waals surface area contributed by atoms with E-state index in [1.165, 1.54) is 0 Å². The van der Waals surface area contributed by atoms with Crippen LogP contribution in [-0.4, -0.2) is 66.3 Å². The zero-order chi connectivity index (χ0) is 24.8. The summed E-state index contributed by atoms with van der Waals surface area (Å²) in [4.78, 5) is 40.7. The maximum absolute atomic E-state index is 13.7. The number of piperazine rings is 1. The largest absolute Gasteiger partial charge is 0.346 e. The van der Waals surface area contributed by atoms with E-state index in [1.807, 2.05) is 36.1 Å². The van der Waals surface area contributed by atoms with Gasteiger partial charge in [0, 0.05) is 26.2 Å². The number of anilines is 1. The van der Waals surface area contributed by atoms with E-state index >= 15 is 0 Å². The van der Waals surface area contributed by atoms with Crippen molar-refractivity contribution >= 4 is 23.4 Å². The van der Waals surface area contributed by atoms with Crippen LogP contribution in [0.5, 0.6) is 0 Å². The quantitative estimate of drug-likeness (QED) is 0.601. The fourth-order valence-corrected chi connectivity index (χ4v) is 3.65. The van der Waals surface area contributed by atoms with Crippen molar-refractivity contribution in [1.29, 1.82) is 0 Å². The average Bonchev–Trinajstić information content (AvgIpc) is 2.84. The number of aryl methyl sites for hydroxylation is 1. The second kappa shape index (κ2) is 11.1. The second-order valence-corrected chi connectivity index (χ2v) is 8.24. The standard InChI is InChI=1S/C24H27F3N4O3/c1-15-3-5-17(6-4-15)13-21(33)31-11-9-30(10-12-31)16(2)24(34)28-14-20(32)29-19-8-7-18(25)22(26)23(19)27/h3-8,16H,9-14H2,1-2H3,(H,28,34)(H,29,32). The molecule has 10 heteroatoms. The summed E-state index contributed by atoms with van der Waals surface area (Å²) >= 11 is 0. The molecule has 2 N–H and O–H groups in total. The fraction of sp³-hybridized carbons (Fsp3) is 0.375. The molecule has 0 radical (unpaired) electrons. The third-order valence-electron chi connectivity index (χ3n) is 5.80. The summed E-state index contributed by atoms with van der Waals surface area (Å²) in [6.07, 6.45) is 0.323. The molecule has 2 aromatic rings. The summed E-state index contributed by atoms with van der Waals surface area (Å²) in [5.41, 5.74) is 1.57. The highest BCUT2D eigenvalue weighted by Gasteiger charge is 2.27. The molecule has 34 heavy (non-hydrogen) atoms. The van der Waals surface area contributed by atoms with Gasteiger partial charge in [0.15, 0.2) is 17.5 Å². The SMILES string of the molecule is Cc1ccc(CC(=O)N2CCN(C(C)C(=O)NCC(=O)Nc3ccc(F)c(F)c3F)CC2)cc1. The van der Waals surface area contributed by atoms with Gasteiger partial charge in [0.25, 0.3) is 0 Å². The topological polar surface area (TPSA) is 81.8 Å². The number of hydrogen-bond donors (Lipinski definition) is 2. The first-order valence-corrected chi connectivity index (χ1v) is 10.9. The Morgan fingerprint density at radius 2 is 1.59 bits per heavy atom. The van der Waals surface area contributed by atoms with Crippen molar-refractivity contribution in [2.45, 2.75) is 26.3 Å². The lowest BCUT2D eigenvalue weighted by atomic mass is 10.1. The number of halogens is 3. The molecule has 1 unspecified atom stereocenters. The van der Waals surface area contributed by atoms with E-state index in [2.05, 4.69) is 10.6 Å². The van der Waals surface area contributed by atoms with E-state index in [0.29, 0.717) is 38.7 Å². The van der Waals surface area contributed by atoms with Crippen molar-refractivity contribution in [3.05, 3.63) is 65.0 Å². The van der Waals surface area contributed by atoms with Gasteiger partial charge in [-0.25, -0.2) is 13.2 Å². The minimum absolute atomic E-state index is 0.0294. The molecule has 1 atom stereocenters. The molecule has 7 nitrogen and oxygen atoms in total. The molecule has 1 fully saturated rings. The van der Waals surface area contributed by atoms with Crippen LogP contribution in [0.3, 0.4) is 0 Å². The first kappa shape index (κ1) is 25.2. The Bertz CT molecular complexity index is 1050. The van der Waals surface area contributed by atoms with Crippen LogP contribution in [0.15, 0.2) is 36.4 Å². The Hall–Kier alpha value is -3.40. The zero-order valence-electron chi connectivity index (χ0n) is 19.0. The lowest BCUT2D eigenvalue weighted by Crippen LogP contribution is -2.55. The highest BCUT2D eigenvalue weighted by atomic mass is 19.2. The summed E-state index contributed by atoms with van der Waals surface area (Å²) in [5, 5.41) is 4.55. The third-order valence-corrected chi connectivity index (χ3v) is 5.80. The molecule has 0 saturated carbocycles. The average molecular weight is 476 g/mol. The van der Waals surface area contributed by atoms with Crippen LogP contribution in [0.1, 0.15) is 18.1 Å². The van der Waals surface area contributed by atoms with Gasteiger partial charge < -0.3 is 15.5 Å². The molecule has 182 valence electrons. The molecule has 0 aliphatic carbocycles. The van der Waals surface area contributed by atoms with Gasteiger partial charge in [-0.2, -0.15) is 0 Å². The van der Waals surface area contributed by atoms with Gasteiger partial charge >= 0.3 is 0 Å². The van der Waals surface area contributed by atoms with Gasteiger partial charge in [0.05, 0.1) is 24.7 Å². The van der Waals surface area contributed by atoms with Crippen molar-refractivity contribution in [2.75, 3.05) is 38.0 Å². The zero-order valence-corrected chi connectivity index (χ0v) is 19.0. The highest BCUT2D eigenvalue weighted by molar-refractivity contribution is 5.95. The van der Waals surface area contributed by atoms with Crippen LogP contribution in [0.2, 0.25) is 0 Å². The highest BCUT2D eigenvalue weighted by Crippen LogP contribution is 2.19. The molecule has 0 spiro atoms. The minimum Gasteiger partial charge on any atom is -0.346 e. The van der Waals surface area contributed by atoms with Crippen LogP contribution in [-0.2, 0) is 20.8 Å². The molecule has 3 rings (SSSR count). The number of carbonyl (C=O) groups excluding carboxylic acids is 3. The maximum atomic E-state index is 13.7. The van der Waals surface area contributed by atoms with Gasteiger partial charge in [-0.05, 0) is 31.5 Å². The first-order chi connectivity index (χ1) is 16.2. The molecule has 3 amide bonds. The van der Waals surface area contributed by atoms with Gasteiger partial charge in [-0.3, -0.25) is 19.3 Å². The molecular weight excluding hydrogens is 449 g/mol. The van der Waals surface area contributed by atoms with Gasteiger partial charge in [0.1, 0.15) is 0 Å². The molecule has 1 aliphatic heterocycles. The number of nitrogens with one attached hydrogen (secondary N) is 2. The first-order valence-electron chi connectivity index (χ1n) is 10.9. The van der Waals surface area contributed by atoms with Crippen molar-refractivity contribution in [1.82, 2.24) is 15.1 Å². The number of rotatable bonds is 7. The van der Waals surface area contributed by atoms with Gasteiger partial charge in [-0.15, -0.1) is 0 Å². The van der Waals surface area contributed by atoms with Crippen LogP contribution < -0.4 is 10.6 Å². The lowest BCUT2D eigenvalue weighted by Gasteiger charge is -2.37. The van der Waals surface area contributed by atoms with Crippen molar-refractivity contribution in [3.8, 4) is 0 Å². The van der Waals surface area contributed by atoms with Crippen molar-refractivity contribution in [2.24, 2.45) is 0 Å². The lowest BCUT2D eigenvalue weighted by molar-refractivity contribution is -0.134. The van der Waals surface area contributed by atoms with Crippen molar-refractivity contribution < 1.29 is 27.6 Å². The number of nitrogens with zero attached hydrogens (tertiary/aromatic N) is 2.